The van der Waals surface area contributed by atoms with Crippen molar-refractivity contribution in [1.29, 1.82) is 0 Å². The zero-order valence-electron chi connectivity index (χ0n) is 19.4. The van der Waals surface area contributed by atoms with Crippen LogP contribution in [0, 0.1) is 6.92 Å². The smallest absolute Gasteiger partial charge is 0.256 e. The molecule has 1 saturated heterocycles. The Balaban J connectivity index is 1.22. The standard InChI is InChI=1S/C23H25F2N9O/c1-12-29-20-21(33(12)11-17(24)25)31-16(10-27-20)14-8-26-19-15(14)9-28-22(32-19)30-13-6-23(2,7-13)34-5-3-4-18(34)35/h8-10,13,17H,3-7,11H2,1-2H3,(H2,26,28,30,32)/t13-,23+. The predicted octanol–water partition coefficient (Wildman–Crippen LogP) is 3.29. The molecule has 2 fully saturated rings. The van der Waals surface area contributed by atoms with E-state index in [1.807, 2.05) is 4.90 Å². The molecule has 2 N–H and O–H groups in total. The Bertz CT molecular complexity index is 1440. The van der Waals surface area contributed by atoms with Gasteiger partial charge in [0.1, 0.15) is 11.5 Å². The number of halogens is 2. The van der Waals surface area contributed by atoms with Crippen molar-refractivity contribution in [3.63, 3.8) is 0 Å². The van der Waals surface area contributed by atoms with Crippen LogP contribution in [-0.4, -0.2) is 69.8 Å². The first-order valence-corrected chi connectivity index (χ1v) is 11.7. The number of likely N-dealkylation sites (tertiary alicyclic amines) is 1. The van der Waals surface area contributed by atoms with Crippen LogP contribution in [-0.2, 0) is 11.3 Å². The Kier molecular flexibility index (Phi) is 4.94. The molecule has 1 saturated carbocycles. The van der Waals surface area contributed by atoms with Gasteiger partial charge in [0.05, 0.1) is 18.4 Å². The summed E-state index contributed by atoms with van der Waals surface area (Å²) in [5.41, 5.74) is 2.44. The molecule has 0 radical (unpaired) electrons. The first-order chi connectivity index (χ1) is 16.8. The van der Waals surface area contributed by atoms with E-state index in [0.717, 1.165) is 36.8 Å². The van der Waals surface area contributed by atoms with Gasteiger partial charge in [-0.1, -0.05) is 0 Å². The third-order valence-electron chi connectivity index (χ3n) is 7.11. The molecular formula is C23H25F2N9O. The monoisotopic (exact) mass is 481 g/mol. The molecule has 1 aliphatic carbocycles. The minimum atomic E-state index is -2.52. The number of rotatable bonds is 6. The first kappa shape index (κ1) is 21.8. The van der Waals surface area contributed by atoms with Crippen molar-refractivity contribution in [2.24, 2.45) is 0 Å². The summed E-state index contributed by atoms with van der Waals surface area (Å²) in [7, 11) is 0. The summed E-state index contributed by atoms with van der Waals surface area (Å²) in [5, 5.41) is 4.13. The van der Waals surface area contributed by atoms with Crippen molar-refractivity contribution < 1.29 is 13.6 Å². The van der Waals surface area contributed by atoms with Gasteiger partial charge in [-0.15, -0.1) is 0 Å². The number of carbonyl (C=O) groups excluding carboxylic acids is 1. The zero-order chi connectivity index (χ0) is 24.3. The summed E-state index contributed by atoms with van der Waals surface area (Å²) in [6, 6.07) is 0.201. The predicted molar refractivity (Wildman–Crippen MR) is 125 cm³/mol. The molecule has 0 atom stereocenters. The lowest BCUT2D eigenvalue weighted by atomic mass is 9.73. The van der Waals surface area contributed by atoms with Crippen molar-refractivity contribution in [3.05, 3.63) is 24.4 Å². The molecule has 2 aliphatic rings. The molecule has 4 aromatic rings. The van der Waals surface area contributed by atoms with Crippen molar-refractivity contribution in [2.75, 3.05) is 11.9 Å². The molecule has 4 aromatic heterocycles. The fourth-order valence-electron chi connectivity index (χ4n) is 5.40. The second-order valence-electron chi connectivity index (χ2n) is 9.62. The number of amides is 1. The number of nitrogens with one attached hydrogen (secondary N) is 2. The van der Waals surface area contributed by atoms with Crippen molar-refractivity contribution >= 4 is 34.2 Å². The van der Waals surface area contributed by atoms with E-state index in [9.17, 15) is 13.6 Å². The number of aromatic amines is 1. The summed E-state index contributed by atoms with van der Waals surface area (Å²) < 4.78 is 27.5. The van der Waals surface area contributed by atoms with Crippen LogP contribution in [0.5, 0.6) is 0 Å². The summed E-state index contributed by atoms with van der Waals surface area (Å²) in [4.78, 5) is 39.5. The number of hydrogen-bond acceptors (Lipinski definition) is 7. The van der Waals surface area contributed by atoms with E-state index in [1.165, 1.54) is 4.57 Å². The lowest BCUT2D eigenvalue weighted by Crippen LogP contribution is -2.59. The van der Waals surface area contributed by atoms with Crippen LogP contribution in [0.2, 0.25) is 0 Å². The van der Waals surface area contributed by atoms with E-state index in [-0.39, 0.29) is 17.5 Å². The van der Waals surface area contributed by atoms with Gasteiger partial charge in [0.2, 0.25) is 11.9 Å². The van der Waals surface area contributed by atoms with Gasteiger partial charge in [-0.3, -0.25) is 4.79 Å². The largest absolute Gasteiger partial charge is 0.351 e. The normalized spacial score (nSPS) is 22.5. The number of aryl methyl sites for hydroxylation is 1. The maximum absolute atomic E-state index is 13.0. The number of fused-ring (bicyclic) bond motifs is 2. The molecule has 10 nitrogen and oxygen atoms in total. The van der Waals surface area contributed by atoms with Crippen molar-refractivity contribution in [3.8, 4) is 11.3 Å². The summed E-state index contributed by atoms with van der Waals surface area (Å²) in [6.45, 7) is 4.15. The van der Waals surface area contributed by atoms with E-state index in [2.05, 4.69) is 42.1 Å². The van der Waals surface area contributed by atoms with E-state index < -0.39 is 13.0 Å². The Morgan fingerprint density at radius 1 is 1.23 bits per heavy atom. The number of nitrogens with zero attached hydrogens (tertiary/aromatic N) is 7. The highest BCUT2D eigenvalue weighted by Gasteiger charge is 2.48. The SMILES string of the molecule is Cc1nc2ncc(-c3c[nH]c4nc(N[C@H]5C[C@@](C)(N6CCCC6=O)C5)ncc34)nc2n1CC(F)F. The van der Waals surface area contributed by atoms with Crippen LogP contribution in [0.15, 0.2) is 18.6 Å². The number of H-pyrrole nitrogens is 1. The number of alkyl halides is 2. The molecular weight excluding hydrogens is 456 g/mol. The summed E-state index contributed by atoms with van der Waals surface area (Å²) in [6.07, 6.45) is 5.83. The van der Waals surface area contributed by atoms with E-state index >= 15 is 0 Å². The van der Waals surface area contributed by atoms with Crippen LogP contribution in [0.3, 0.4) is 0 Å². The Hall–Kier alpha value is -3.70. The minimum absolute atomic E-state index is 0.0958. The van der Waals surface area contributed by atoms with E-state index in [1.54, 1.807) is 25.5 Å². The minimum Gasteiger partial charge on any atom is -0.351 e. The highest BCUT2D eigenvalue weighted by Crippen LogP contribution is 2.41. The average molecular weight is 482 g/mol. The maximum Gasteiger partial charge on any atom is 0.256 e. The molecule has 6 rings (SSSR count). The maximum atomic E-state index is 13.0. The van der Waals surface area contributed by atoms with Crippen molar-refractivity contribution in [2.45, 2.75) is 64.1 Å². The quantitative estimate of drug-likeness (QED) is 0.434. The molecule has 1 amide bonds. The van der Waals surface area contributed by atoms with Gasteiger partial charge in [0.25, 0.3) is 6.43 Å². The molecule has 12 heteroatoms. The lowest BCUT2D eigenvalue weighted by Gasteiger charge is -2.51. The molecule has 1 aliphatic heterocycles. The highest BCUT2D eigenvalue weighted by atomic mass is 19.3. The van der Waals surface area contributed by atoms with Gasteiger partial charge >= 0.3 is 0 Å². The fourth-order valence-corrected chi connectivity index (χ4v) is 5.40. The van der Waals surface area contributed by atoms with Crippen LogP contribution < -0.4 is 5.32 Å². The fraction of sp³-hybridized carbons (Fsp3) is 0.478. The molecule has 5 heterocycles. The summed E-state index contributed by atoms with van der Waals surface area (Å²) in [5.74, 6) is 1.20. The van der Waals surface area contributed by atoms with E-state index in [0.29, 0.717) is 40.8 Å². The first-order valence-electron chi connectivity index (χ1n) is 11.7. The van der Waals surface area contributed by atoms with Gasteiger partial charge in [0, 0.05) is 47.9 Å². The van der Waals surface area contributed by atoms with Crippen LogP contribution in [0.1, 0.15) is 38.4 Å². The van der Waals surface area contributed by atoms with Gasteiger partial charge in [-0.05, 0) is 33.1 Å². The van der Waals surface area contributed by atoms with Crippen LogP contribution >= 0.6 is 0 Å². The third-order valence-corrected chi connectivity index (χ3v) is 7.11. The Morgan fingerprint density at radius 3 is 2.80 bits per heavy atom. The highest BCUT2D eigenvalue weighted by molar-refractivity contribution is 5.93. The summed E-state index contributed by atoms with van der Waals surface area (Å²) >= 11 is 0. The molecule has 0 spiro atoms. The topological polar surface area (TPSA) is 118 Å². The number of carbonyl (C=O) groups is 1. The second kappa shape index (κ2) is 7.92. The van der Waals surface area contributed by atoms with Gasteiger partial charge in [-0.25, -0.2) is 28.7 Å². The van der Waals surface area contributed by atoms with Crippen molar-refractivity contribution in [1.82, 2.24) is 39.4 Å². The number of imidazole rings is 1. The van der Waals surface area contributed by atoms with Crippen LogP contribution in [0.4, 0.5) is 14.7 Å². The average Bonchev–Trinajstić information content (AvgIpc) is 3.49. The molecule has 0 aromatic carbocycles. The van der Waals surface area contributed by atoms with E-state index in [4.69, 9.17) is 0 Å². The lowest BCUT2D eigenvalue weighted by molar-refractivity contribution is -0.136. The molecule has 35 heavy (non-hydrogen) atoms. The Morgan fingerprint density at radius 2 is 2.06 bits per heavy atom. The molecule has 0 unspecified atom stereocenters. The number of anilines is 1. The van der Waals surface area contributed by atoms with Gasteiger partial charge < -0.3 is 19.8 Å². The van der Waals surface area contributed by atoms with Crippen LogP contribution in [0.25, 0.3) is 33.6 Å². The molecule has 0 bridgehead atoms. The van der Waals surface area contributed by atoms with Gasteiger partial charge in [0.15, 0.2) is 11.3 Å². The second-order valence-corrected chi connectivity index (χ2v) is 9.62. The van der Waals surface area contributed by atoms with Gasteiger partial charge in [-0.2, -0.15) is 4.98 Å². The number of hydrogen-bond donors (Lipinski definition) is 2. The zero-order valence-corrected chi connectivity index (χ0v) is 19.4. The third kappa shape index (κ3) is 3.67. The number of aromatic nitrogens is 7. The Labute approximate surface area is 199 Å². The molecule has 182 valence electrons.